The van der Waals surface area contributed by atoms with Crippen molar-refractivity contribution in [2.24, 2.45) is 0 Å². The van der Waals surface area contributed by atoms with Gasteiger partial charge in [0, 0.05) is 38.1 Å². The lowest BCUT2D eigenvalue weighted by Crippen LogP contribution is -2.50. The van der Waals surface area contributed by atoms with E-state index in [1.54, 1.807) is 35.4 Å². The maximum absolute atomic E-state index is 13.3. The largest absolute Gasteiger partial charge is 0.497 e. The molecule has 1 aliphatic heterocycles. The van der Waals surface area contributed by atoms with Gasteiger partial charge in [0.25, 0.3) is 5.91 Å². The fraction of sp³-hybridized carbons (Fsp3) is 0.280. The number of nitrogens with zero attached hydrogens (tertiary/aromatic N) is 3. The van der Waals surface area contributed by atoms with Crippen LogP contribution < -0.4 is 14.8 Å². The van der Waals surface area contributed by atoms with Crippen molar-refractivity contribution in [3.8, 4) is 11.5 Å². The van der Waals surface area contributed by atoms with E-state index in [2.05, 4.69) is 10.3 Å². The Kier molecular flexibility index (Phi) is 7.52. The zero-order chi connectivity index (χ0) is 24.8. The van der Waals surface area contributed by atoms with Gasteiger partial charge in [-0.25, -0.2) is 13.4 Å². The van der Waals surface area contributed by atoms with Gasteiger partial charge in [-0.3, -0.25) is 4.79 Å². The summed E-state index contributed by atoms with van der Waals surface area (Å²) >= 11 is 0. The van der Waals surface area contributed by atoms with Crippen LogP contribution in [0.2, 0.25) is 0 Å². The number of benzene rings is 2. The summed E-state index contributed by atoms with van der Waals surface area (Å²) in [4.78, 5) is 19.5. The van der Waals surface area contributed by atoms with Gasteiger partial charge in [0.15, 0.2) is 0 Å². The maximum atomic E-state index is 13.3. The average molecular weight is 497 g/mol. The molecule has 9 nitrogen and oxygen atoms in total. The Hall–Kier alpha value is -3.63. The number of methoxy groups -OCH3 is 1. The third-order valence-electron chi connectivity index (χ3n) is 5.69. The fourth-order valence-corrected chi connectivity index (χ4v) is 5.24. The molecule has 35 heavy (non-hydrogen) atoms. The molecule has 1 aliphatic rings. The number of nitrogens with one attached hydrogen (secondary N) is 1. The molecular formula is C25H28N4O5S. The molecule has 0 unspecified atom stereocenters. The first-order valence-corrected chi connectivity index (χ1v) is 12.7. The summed E-state index contributed by atoms with van der Waals surface area (Å²) in [6.45, 7) is 3.49. The van der Waals surface area contributed by atoms with Crippen LogP contribution in [0.25, 0.3) is 0 Å². The van der Waals surface area contributed by atoms with E-state index in [-0.39, 0.29) is 37.0 Å². The molecule has 2 aromatic carbocycles. The molecule has 0 atom stereocenters. The summed E-state index contributed by atoms with van der Waals surface area (Å²) in [5.74, 6) is 1.59. The second-order valence-corrected chi connectivity index (χ2v) is 9.79. The third kappa shape index (κ3) is 5.55. The highest BCUT2D eigenvalue weighted by atomic mass is 32.2. The Morgan fingerprint density at radius 2 is 1.63 bits per heavy atom. The summed E-state index contributed by atoms with van der Waals surface area (Å²) < 4.78 is 38.0. The molecule has 4 rings (SSSR count). The Morgan fingerprint density at radius 1 is 0.971 bits per heavy atom. The fourth-order valence-electron chi connectivity index (χ4n) is 3.81. The van der Waals surface area contributed by atoms with Crippen molar-refractivity contribution in [3.05, 3.63) is 72.4 Å². The van der Waals surface area contributed by atoms with Gasteiger partial charge in [0.1, 0.15) is 17.3 Å². The molecule has 3 aromatic rings. The van der Waals surface area contributed by atoms with E-state index in [9.17, 15) is 13.2 Å². The van der Waals surface area contributed by atoms with Crippen LogP contribution in [0.3, 0.4) is 0 Å². The summed E-state index contributed by atoms with van der Waals surface area (Å²) in [6, 6.07) is 17.1. The van der Waals surface area contributed by atoms with Gasteiger partial charge in [0.05, 0.1) is 24.2 Å². The molecule has 1 amide bonds. The minimum absolute atomic E-state index is 0.201. The number of sulfonamides is 1. The van der Waals surface area contributed by atoms with Crippen LogP contribution in [-0.4, -0.2) is 68.4 Å². The van der Waals surface area contributed by atoms with Gasteiger partial charge in [0.2, 0.25) is 10.0 Å². The van der Waals surface area contributed by atoms with Crippen LogP contribution >= 0.6 is 0 Å². The van der Waals surface area contributed by atoms with E-state index in [1.165, 1.54) is 23.5 Å². The zero-order valence-electron chi connectivity index (χ0n) is 19.7. The minimum Gasteiger partial charge on any atom is -0.497 e. The molecule has 1 saturated heterocycles. The summed E-state index contributed by atoms with van der Waals surface area (Å²) in [6.07, 6.45) is 1.62. The quantitative estimate of drug-likeness (QED) is 0.510. The number of carbonyl (C=O) groups excluding carboxylic acids is 1. The molecule has 0 bridgehead atoms. The van der Waals surface area contributed by atoms with Gasteiger partial charge < -0.3 is 19.7 Å². The number of ether oxygens (including phenoxy) is 2. The predicted octanol–water partition coefficient (Wildman–Crippen LogP) is 3.38. The Balaban J connectivity index is 1.43. The van der Waals surface area contributed by atoms with Crippen molar-refractivity contribution in [3.63, 3.8) is 0 Å². The number of aromatic nitrogens is 1. The number of hydrogen-bond acceptors (Lipinski definition) is 7. The Morgan fingerprint density at radius 3 is 2.26 bits per heavy atom. The van der Waals surface area contributed by atoms with E-state index in [0.29, 0.717) is 23.7 Å². The van der Waals surface area contributed by atoms with Crippen LogP contribution in [0.15, 0.2) is 71.8 Å². The molecule has 1 aromatic heterocycles. The number of anilines is 2. The van der Waals surface area contributed by atoms with Crippen LogP contribution in [0.5, 0.6) is 11.5 Å². The number of piperazine rings is 1. The standard InChI is InChI=1S/C25H28N4O5S/c1-3-34-21-8-6-19(7-9-21)27-24-23(5-4-14-26-24)25(30)28-15-17-29(18-16-28)35(31,32)22-12-10-20(33-2)11-13-22/h4-14H,3,15-18H2,1-2H3,(H,26,27). The van der Waals surface area contributed by atoms with Gasteiger partial charge >= 0.3 is 0 Å². The first-order chi connectivity index (χ1) is 16.9. The van der Waals surface area contributed by atoms with E-state index in [0.717, 1.165) is 11.4 Å². The van der Waals surface area contributed by atoms with Crippen molar-refractivity contribution < 1.29 is 22.7 Å². The molecular weight excluding hydrogens is 468 g/mol. The zero-order valence-corrected chi connectivity index (χ0v) is 20.5. The van der Waals surface area contributed by atoms with Crippen molar-refractivity contribution in [2.45, 2.75) is 11.8 Å². The normalized spacial score (nSPS) is 14.4. The lowest BCUT2D eigenvalue weighted by atomic mass is 10.2. The molecule has 2 heterocycles. The highest BCUT2D eigenvalue weighted by Crippen LogP contribution is 2.24. The first-order valence-electron chi connectivity index (χ1n) is 11.3. The molecule has 184 valence electrons. The Labute approximate surface area is 205 Å². The number of carbonyl (C=O) groups is 1. The van der Waals surface area contributed by atoms with Crippen LogP contribution in [-0.2, 0) is 10.0 Å². The van der Waals surface area contributed by atoms with Crippen molar-refractivity contribution in [1.82, 2.24) is 14.2 Å². The van der Waals surface area contributed by atoms with E-state index < -0.39 is 10.0 Å². The van der Waals surface area contributed by atoms with E-state index >= 15 is 0 Å². The highest BCUT2D eigenvalue weighted by Gasteiger charge is 2.31. The van der Waals surface area contributed by atoms with E-state index in [1.807, 2.05) is 31.2 Å². The molecule has 1 N–H and O–H groups in total. The summed E-state index contributed by atoms with van der Waals surface area (Å²) in [5, 5.41) is 3.19. The highest BCUT2D eigenvalue weighted by molar-refractivity contribution is 7.89. The van der Waals surface area contributed by atoms with Gasteiger partial charge in [-0.05, 0) is 67.6 Å². The van der Waals surface area contributed by atoms with E-state index in [4.69, 9.17) is 9.47 Å². The van der Waals surface area contributed by atoms with Gasteiger partial charge in [-0.15, -0.1) is 0 Å². The topological polar surface area (TPSA) is 101 Å². The molecule has 0 radical (unpaired) electrons. The molecule has 10 heteroatoms. The van der Waals surface area contributed by atoms with Gasteiger partial charge in [-0.2, -0.15) is 4.31 Å². The van der Waals surface area contributed by atoms with Gasteiger partial charge in [-0.1, -0.05) is 0 Å². The van der Waals surface area contributed by atoms with Crippen LogP contribution in [0.4, 0.5) is 11.5 Å². The van der Waals surface area contributed by atoms with Crippen molar-refractivity contribution >= 4 is 27.4 Å². The molecule has 1 fully saturated rings. The maximum Gasteiger partial charge on any atom is 0.257 e. The minimum atomic E-state index is -3.65. The Bertz CT molecular complexity index is 1260. The number of hydrogen-bond donors (Lipinski definition) is 1. The summed E-state index contributed by atoms with van der Waals surface area (Å²) in [7, 11) is -2.12. The lowest BCUT2D eigenvalue weighted by molar-refractivity contribution is 0.0698. The second kappa shape index (κ2) is 10.7. The van der Waals surface area contributed by atoms with Crippen molar-refractivity contribution in [1.29, 1.82) is 0 Å². The monoisotopic (exact) mass is 496 g/mol. The molecule has 0 aliphatic carbocycles. The summed E-state index contributed by atoms with van der Waals surface area (Å²) in [5.41, 5.74) is 1.20. The SMILES string of the molecule is CCOc1ccc(Nc2ncccc2C(=O)N2CCN(S(=O)(=O)c3ccc(OC)cc3)CC2)cc1. The lowest BCUT2D eigenvalue weighted by Gasteiger charge is -2.34. The molecule has 0 saturated carbocycles. The second-order valence-electron chi connectivity index (χ2n) is 7.85. The number of pyridine rings is 1. The smallest absolute Gasteiger partial charge is 0.257 e. The molecule has 0 spiro atoms. The number of amides is 1. The first kappa shape index (κ1) is 24.5. The third-order valence-corrected chi connectivity index (χ3v) is 7.60. The van der Waals surface area contributed by atoms with Crippen LogP contribution in [0, 0.1) is 0 Å². The average Bonchev–Trinajstić information content (AvgIpc) is 2.90. The van der Waals surface area contributed by atoms with Crippen molar-refractivity contribution in [2.75, 3.05) is 45.2 Å². The van der Waals surface area contributed by atoms with Crippen LogP contribution in [0.1, 0.15) is 17.3 Å². The number of rotatable bonds is 8. The predicted molar refractivity (Wildman–Crippen MR) is 133 cm³/mol.